The molecular weight excluding hydrogens is 258 g/mol. The molecule has 0 aliphatic carbocycles. The standard InChI is InChI=1S/C14H23N3O3/c1-11(2)16-9-13(18)10-20-17(14(19)15-3)12-7-5-4-6-8-12/h4-8,11,13,16,18H,9-10H2,1-3H3,(H,15,19). The topological polar surface area (TPSA) is 73.8 Å². The van der Waals surface area contributed by atoms with Crippen LogP contribution in [0.4, 0.5) is 10.5 Å². The number of urea groups is 1. The molecule has 0 aliphatic heterocycles. The van der Waals surface area contributed by atoms with E-state index in [1.165, 1.54) is 7.05 Å². The van der Waals surface area contributed by atoms with Gasteiger partial charge in [-0.15, -0.1) is 0 Å². The highest BCUT2D eigenvalue weighted by Gasteiger charge is 2.17. The van der Waals surface area contributed by atoms with Crippen molar-refractivity contribution >= 4 is 11.7 Å². The van der Waals surface area contributed by atoms with Gasteiger partial charge < -0.3 is 15.7 Å². The molecule has 0 spiro atoms. The largest absolute Gasteiger partial charge is 0.389 e. The van der Waals surface area contributed by atoms with Gasteiger partial charge in [-0.1, -0.05) is 32.0 Å². The summed E-state index contributed by atoms with van der Waals surface area (Å²) in [7, 11) is 1.53. The maximum absolute atomic E-state index is 11.8. The normalized spacial score (nSPS) is 12.2. The van der Waals surface area contributed by atoms with Gasteiger partial charge in [0, 0.05) is 19.6 Å². The van der Waals surface area contributed by atoms with Crippen LogP contribution < -0.4 is 15.7 Å². The summed E-state index contributed by atoms with van der Waals surface area (Å²) in [6, 6.07) is 8.89. The van der Waals surface area contributed by atoms with Crippen LogP contribution in [-0.4, -0.2) is 43.5 Å². The molecule has 0 aliphatic rings. The fourth-order valence-corrected chi connectivity index (χ4v) is 1.51. The molecule has 0 saturated carbocycles. The number of nitrogens with zero attached hydrogens (tertiary/aromatic N) is 1. The van der Waals surface area contributed by atoms with E-state index in [1.807, 2.05) is 32.0 Å². The molecule has 2 amide bonds. The highest BCUT2D eigenvalue weighted by atomic mass is 16.7. The van der Waals surface area contributed by atoms with Crippen molar-refractivity contribution in [1.29, 1.82) is 0 Å². The quantitative estimate of drug-likeness (QED) is 0.655. The molecular formula is C14H23N3O3. The van der Waals surface area contributed by atoms with Gasteiger partial charge in [0.15, 0.2) is 0 Å². The zero-order valence-electron chi connectivity index (χ0n) is 12.2. The second-order valence-corrected chi connectivity index (χ2v) is 4.70. The van der Waals surface area contributed by atoms with Crippen molar-refractivity contribution in [2.24, 2.45) is 0 Å². The minimum atomic E-state index is -0.687. The average Bonchev–Trinajstić information content (AvgIpc) is 2.46. The van der Waals surface area contributed by atoms with E-state index < -0.39 is 6.10 Å². The Kier molecular flexibility index (Phi) is 7.00. The number of aliphatic hydroxyl groups is 1. The number of nitrogens with one attached hydrogen (secondary N) is 2. The molecule has 0 saturated heterocycles. The number of aliphatic hydroxyl groups excluding tert-OH is 1. The highest BCUT2D eigenvalue weighted by Crippen LogP contribution is 2.13. The summed E-state index contributed by atoms with van der Waals surface area (Å²) in [5, 5.41) is 16.5. The van der Waals surface area contributed by atoms with E-state index in [0.717, 1.165) is 5.06 Å². The second kappa shape index (κ2) is 8.52. The number of hydroxylamine groups is 1. The molecule has 1 unspecified atom stereocenters. The number of carbonyl (C=O) groups excluding carboxylic acids is 1. The Morgan fingerprint density at radius 3 is 2.55 bits per heavy atom. The van der Waals surface area contributed by atoms with Gasteiger partial charge in [0.1, 0.15) is 6.61 Å². The Balaban J connectivity index is 2.56. The highest BCUT2D eigenvalue weighted by molar-refractivity contribution is 5.89. The Morgan fingerprint density at radius 1 is 1.35 bits per heavy atom. The predicted molar refractivity (Wildman–Crippen MR) is 78.5 cm³/mol. The lowest BCUT2D eigenvalue weighted by Crippen LogP contribution is -2.42. The van der Waals surface area contributed by atoms with Crippen molar-refractivity contribution in [3.05, 3.63) is 30.3 Å². The molecule has 0 fully saturated rings. The van der Waals surface area contributed by atoms with E-state index in [-0.39, 0.29) is 18.7 Å². The van der Waals surface area contributed by atoms with Crippen molar-refractivity contribution in [3.63, 3.8) is 0 Å². The van der Waals surface area contributed by atoms with Gasteiger partial charge in [-0.05, 0) is 12.1 Å². The summed E-state index contributed by atoms with van der Waals surface area (Å²) in [5.74, 6) is 0. The first kappa shape index (κ1) is 16.4. The van der Waals surface area contributed by atoms with Crippen molar-refractivity contribution in [2.75, 3.05) is 25.3 Å². The zero-order valence-corrected chi connectivity index (χ0v) is 12.2. The SMILES string of the molecule is CNC(=O)N(OCC(O)CNC(C)C)c1ccccc1. The van der Waals surface area contributed by atoms with Gasteiger partial charge >= 0.3 is 6.03 Å². The minimum Gasteiger partial charge on any atom is -0.389 e. The number of anilines is 1. The van der Waals surface area contributed by atoms with E-state index in [4.69, 9.17) is 4.84 Å². The maximum Gasteiger partial charge on any atom is 0.345 e. The van der Waals surface area contributed by atoms with Crippen LogP contribution in [0.5, 0.6) is 0 Å². The molecule has 3 N–H and O–H groups in total. The summed E-state index contributed by atoms with van der Waals surface area (Å²) < 4.78 is 0. The molecule has 20 heavy (non-hydrogen) atoms. The van der Waals surface area contributed by atoms with E-state index in [9.17, 15) is 9.90 Å². The third-order valence-electron chi connectivity index (χ3n) is 2.55. The molecule has 1 aromatic rings. The summed E-state index contributed by atoms with van der Waals surface area (Å²) in [6.07, 6.45) is -0.687. The first-order chi connectivity index (χ1) is 9.54. The number of hydrogen-bond donors (Lipinski definition) is 3. The van der Waals surface area contributed by atoms with Crippen LogP contribution >= 0.6 is 0 Å². The lowest BCUT2D eigenvalue weighted by atomic mass is 10.3. The fraction of sp³-hybridized carbons (Fsp3) is 0.500. The summed E-state index contributed by atoms with van der Waals surface area (Å²) in [4.78, 5) is 17.2. The molecule has 0 aromatic heterocycles. The number of amides is 2. The predicted octanol–water partition coefficient (Wildman–Crippen LogP) is 1.12. The van der Waals surface area contributed by atoms with Gasteiger partial charge in [-0.3, -0.25) is 4.84 Å². The van der Waals surface area contributed by atoms with Crippen LogP contribution in [0.25, 0.3) is 0 Å². The Bertz CT molecular complexity index is 398. The maximum atomic E-state index is 11.8. The molecule has 1 rings (SSSR count). The average molecular weight is 281 g/mol. The minimum absolute atomic E-state index is 0.0298. The number of benzene rings is 1. The molecule has 1 aromatic carbocycles. The molecule has 0 heterocycles. The lowest BCUT2D eigenvalue weighted by Gasteiger charge is -2.23. The van der Waals surface area contributed by atoms with Crippen molar-refractivity contribution < 1.29 is 14.7 Å². The molecule has 0 radical (unpaired) electrons. The number of carbonyl (C=O) groups is 1. The van der Waals surface area contributed by atoms with Crippen LogP contribution in [0.1, 0.15) is 13.8 Å². The third-order valence-corrected chi connectivity index (χ3v) is 2.55. The summed E-state index contributed by atoms with van der Waals surface area (Å²) in [5.41, 5.74) is 0.607. The molecule has 112 valence electrons. The van der Waals surface area contributed by atoms with E-state index in [1.54, 1.807) is 12.1 Å². The van der Waals surface area contributed by atoms with Gasteiger partial charge in [0.2, 0.25) is 0 Å². The number of rotatable bonds is 7. The van der Waals surface area contributed by atoms with E-state index in [0.29, 0.717) is 12.2 Å². The molecule has 6 nitrogen and oxygen atoms in total. The van der Waals surface area contributed by atoms with Gasteiger partial charge in [-0.2, -0.15) is 5.06 Å². The van der Waals surface area contributed by atoms with E-state index >= 15 is 0 Å². The molecule has 0 bridgehead atoms. The number of para-hydroxylation sites is 1. The van der Waals surface area contributed by atoms with Gasteiger partial charge in [-0.25, -0.2) is 4.79 Å². The van der Waals surface area contributed by atoms with Crippen LogP contribution in [0, 0.1) is 0 Å². The van der Waals surface area contributed by atoms with Gasteiger partial charge in [0.05, 0.1) is 11.8 Å². The van der Waals surface area contributed by atoms with Crippen LogP contribution in [0.2, 0.25) is 0 Å². The monoisotopic (exact) mass is 281 g/mol. The lowest BCUT2D eigenvalue weighted by molar-refractivity contribution is 0.0321. The van der Waals surface area contributed by atoms with Crippen molar-refractivity contribution in [3.8, 4) is 0 Å². The first-order valence-corrected chi connectivity index (χ1v) is 6.65. The summed E-state index contributed by atoms with van der Waals surface area (Å²) in [6.45, 7) is 4.43. The van der Waals surface area contributed by atoms with Crippen LogP contribution in [0.3, 0.4) is 0 Å². The molecule has 1 atom stereocenters. The third kappa shape index (κ3) is 5.56. The van der Waals surface area contributed by atoms with E-state index in [2.05, 4.69) is 10.6 Å². The Morgan fingerprint density at radius 2 is 2.00 bits per heavy atom. The molecule has 6 heteroatoms. The van der Waals surface area contributed by atoms with Crippen molar-refractivity contribution in [2.45, 2.75) is 26.0 Å². The smallest absolute Gasteiger partial charge is 0.345 e. The summed E-state index contributed by atoms with van der Waals surface area (Å²) >= 11 is 0. The first-order valence-electron chi connectivity index (χ1n) is 6.65. The fourth-order valence-electron chi connectivity index (χ4n) is 1.51. The number of hydrogen-bond acceptors (Lipinski definition) is 4. The zero-order chi connectivity index (χ0) is 15.0. The van der Waals surface area contributed by atoms with Crippen molar-refractivity contribution in [1.82, 2.24) is 10.6 Å². The Labute approximate surface area is 119 Å². The van der Waals surface area contributed by atoms with Gasteiger partial charge in [0.25, 0.3) is 0 Å². The second-order valence-electron chi connectivity index (χ2n) is 4.70. The Hall–Kier alpha value is -1.63. The van der Waals surface area contributed by atoms with Crippen LogP contribution in [-0.2, 0) is 4.84 Å². The van der Waals surface area contributed by atoms with Crippen LogP contribution in [0.15, 0.2) is 30.3 Å².